The second-order valence-electron chi connectivity index (χ2n) is 7.53. The largest absolute Gasteiger partial charge is 0.376 e. The van der Waals surface area contributed by atoms with Gasteiger partial charge in [-0.3, -0.25) is 14.9 Å². The molecule has 3 N–H and O–H groups in total. The minimum atomic E-state index is -0.343. The van der Waals surface area contributed by atoms with Gasteiger partial charge in [-0.15, -0.1) is 0 Å². The number of aliphatic imine (C=N–C) groups is 1. The van der Waals surface area contributed by atoms with E-state index in [1.54, 1.807) is 24.3 Å². The molecule has 0 bridgehead atoms. The van der Waals surface area contributed by atoms with E-state index in [0.717, 1.165) is 36.3 Å². The molecule has 1 saturated heterocycles. The monoisotopic (exact) mass is 442 g/mol. The molecular weight excluding hydrogens is 416 g/mol. The van der Waals surface area contributed by atoms with E-state index in [2.05, 4.69) is 20.9 Å². The lowest BCUT2D eigenvalue weighted by Crippen LogP contribution is -2.37. The summed E-state index contributed by atoms with van der Waals surface area (Å²) in [5, 5.41) is 9.38. The highest BCUT2D eigenvalue weighted by Crippen LogP contribution is 2.23. The first-order chi connectivity index (χ1) is 14.8. The van der Waals surface area contributed by atoms with Gasteiger partial charge in [0.15, 0.2) is 0 Å². The van der Waals surface area contributed by atoms with Crippen LogP contribution in [0, 0.1) is 13.8 Å². The maximum Gasteiger partial charge on any atom is 0.258 e. The molecule has 2 aromatic carbocycles. The molecule has 0 radical (unpaired) electrons. The average Bonchev–Trinajstić information content (AvgIpc) is 3.24. The number of hydrogen-bond acceptors (Lipinski definition) is 4. The van der Waals surface area contributed by atoms with Crippen molar-refractivity contribution in [2.24, 2.45) is 4.99 Å². The van der Waals surface area contributed by atoms with Gasteiger partial charge in [0.25, 0.3) is 5.91 Å². The third-order valence-electron chi connectivity index (χ3n) is 5.04. The number of carbonyl (C=O) groups excluding carboxylic acids is 2. The first-order valence-electron chi connectivity index (χ1n) is 10.2. The lowest BCUT2D eigenvalue weighted by molar-refractivity contribution is -0.114. The Kier molecular flexibility index (Phi) is 7.65. The van der Waals surface area contributed by atoms with Crippen LogP contribution in [0.1, 0.15) is 41.3 Å². The van der Waals surface area contributed by atoms with E-state index in [4.69, 9.17) is 16.3 Å². The van der Waals surface area contributed by atoms with Gasteiger partial charge in [-0.1, -0.05) is 23.7 Å². The zero-order valence-electron chi connectivity index (χ0n) is 17.9. The number of nitrogens with one attached hydrogen (secondary N) is 3. The first kappa shape index (κ1) is 22.8. The molecule has 164 valence electrons. The Labute approximate surface area is 187 Å². The number of carbonyl (C=O) groups is 2. The van der Waals surface area contributed by atoms with Crippen LogP contribution in [-0.4, -0.2) is 37.0 Å². The van der Waals surface area contributed by atoms with Crippen molar-refractivity contribution >= 4 is 40.7 Å². The minimum Gasteiger partial charge on any atom is -0.376 e. The summed E-state index contributed by atoms with van der Waals surface area (Å²) in [5.41, 5.74) is 3.47. The second-order valence-corrected chi connectivity index (χ2v) is 7.93. The molecule has 7 nitrogen and oxygen atoms in total. The summed E-state index contributed by atoms with van der Waals surface area (Å²) in [4.78, 5) is 28.9. The maximum atomic E-state index is 12.9. The average molecular weight is 443 g/mol. The molecule has 1 aliphatic rings. The molecule has 1 atom stereocenters. The number of anilines is 2. The molecule has 1 aliphatic heterocycles. The molecular formula is C23H27ClN4O3. The molecule has 31 heavy (non-hydrogen) atoms. The Morgan fingerprint density at radius 1 is 1.16 bits per heavy atom. The number of ether oxygens (including phenoxy) is 1. The Bertz CT molecular complexity index is 1000. The van der Waals surface area contributed by atoms with Gasteiger partial charge in [-0.2, -0.15) is 0 Å². The third-order valence-corrected chi connectivity index (χ3v) is 5.45. The fourth-order valence-corrected chi connectivity index (χ4v) is 3.40. The molecule has 1 heterocycles. The summed E-state index contributed by atoms with van der Waals surface area (Å²) in [5.74, 6) is -0.227. The standard InChI is InChI=1S/C23H27ClN4O3/c1-14-9-10-17(12-21(14)26-16(3)29)22(30)28-23(25-13-18-6-5-11-31-18)27-20-8-4-7-19(24)15(20)2/h4,7-10,12,18H,5-6,11,13H2,1-3H3,(H,26,29)(H2,25,27,28,30). The molecule has 1 unspecified atom stereocenters. The highest BCUT2D eigenvalue weighted by atomic mass is 35.5. The van der Waals surface area contributed by atoms with Crippen molar-refractivity contribution in [2.45, 2.75) is 39.7 Å². The highest BCUT2D eigenvalue weighted by molar-refractivity contribution is 6.31. The second kappa shape index (κ2) is 10.4. The number of guanidine groups is 1. The molecule has 0 aliphatic carbocycles. The topological polar surface area (TPSA) is 91.8 Å². The third kappa shape index (κ3) is 6.29. The Morgan fingerprint density at radius 2 is 1.97 bits per heavy atom. The summed E-state index contributed by atoms with van der Waals surface area (Å²) < 4.78 is 5.64. The van der Waals surface area contributed by atoms with E-state index in [0.29, 0.717) is 28.8 Å². The van der Waals surface area contributed by atoms with Crippen molar-refractivity contribution in [3.8, 4) is 0 Å². The van der Waals surface area contributed by atoms with E-state index in [1.165, 1.54) is 6.92 Å². The predicted octanol–water partition coefficient (Wildman–Crippen LogP) is 4.29. The van der Waals surface area contributed by atoms with Gasteiger partial charge < -0.3 is 15.4 Å². The molecule has 0 saturated carbocycles. The van der Waals surface area contributed by atoms with Crippen molar-refractivity contribution in [2.75, 3.05) is 23.8 Å². The predicted molar refractivity (Wildman–Crippen MR) is 124 cm³/mol. The van der Waals surface area contributed by atoms with E-state index < -0.39 is 0 Å². The van der Waals surface area contributed by atoms with Crippen molar-refractivity contribution in [1.29, 1.82) is 0 Å². The van der Waals surface area contributed by atoms with E-state index in [9.17, 15) is 9.59 Å². The number of benzene rings is 2. The molecule has 2 amide bonds. The number of amides is 2. The van der Waals surface area contributed by atoms with Crippen LogP contribution in [0.2, 0.25) is 5.02 Å². The maximum absolute atomic E-state index is 12.9. The van der Waals surface area contributed by atoms with E-state index in [1.807, 2.05) is 26.0 Å². The first-order valence-corrected chi connectivity index (χ1v) is 10.6. The number of hydrogen-bond donors (Lipinski definition) is 3. The van der Waals surface area contributed by atoms with Gasteiger partial charge >= 0.3 is 0 Å². The smallest absolute Gasteiger partial charge is 0.258 e. The van der Waals surface area contributed by atoms with Crippen LogP contribution in [0.3, 0.4) is 0 Å². The quantitative estimate of drug-likeness (QED) is 0.475. The summed E-state index contributed by atoms with van der Waals surface area (Å²) in [6, 6.07) is 10.6. The molecule has 0 aromatic heterocycles. The molecule has 3 rings (SSSR count). The van der Waals surface area contributed by atoms with E-state index in [-0.39, 0.29) is 17.9 Å². The summed E-state index contributed by atoms with van der Waals surface area (Å²) in [7, 11) is 0. The number of rotatable bonds is 5. The fourth-order valence-electron chi connectivity index (χ4n) is 3.23. The van der Waals surface area contributed by atoms with Crippen molar-refractivity contribution in [1.82, 2.24) is 5.32 Å². The van der Waals surface area contributed by atoms with Gasteiger partial charge in [-0.25, -0.2) is 4.99 Å². The fraction of sp³-hybridized carbons (Fsp3) is 0.348. The summed E-state index contributed by atoms with van der Waals surface area (Å²) >= 11 is 6.23. The molecule has 2 aromatic rings. The Morgan fingerprint density at radius 3 is 2.68 bits per heavy atom. The zero-order chi connectivity index (χ0) is 22.4. The van der Waals surface area contributed by atoms with Crippen LogP contribution in [0.5, 0.6) is 0 Å². The van der Waals surface area contributed by atoms with E-state index >= 15 is 0 Å². The summed E-state index contributed by atoms with van der Waals surface area (Å²) in [6.07, 6.45) is 2.00. The molecule has 8 heteroatoms. The van der Waals surface area contributed by atoms with Crippen LogP contribution in [0.4, 0.5) is 11.4 Å². The van der Waals surface area contributed by atoms with Gasteiger partial charge in [-0.05, 0) is 62.1 Å². The number of halogens is 1. The number of nitrogens with zero attached hydrogens (tertiary/aromatic N) is 1. The normalized spacial score (nSPS) is 16.1. The Hall–Kier alpha value is -2.90. The van der Waals surface area contributed by atoms with Gasteiger partial charge in [0, 0.05) is 35.5 Å². The highest BCUT2D eigenvalue weighted by Gasteiger charge is 2.17. The van der Waals surface area contributed by atoms with Crippen molar-refractivity contribution in [3.63, 3.8) is 0 Å². The SMILES string of the molecule is CC(=O)Nc1cc(C(=O)NC(=NCC2CCCO2)Nc2cccc(Cl)c2C)ccc1C. The van der Waals surface area contributed by atoms with Crippen LogP contribution >= 0.6 is 11.6 Å². The number of aryl methyl sites for hydroxylation is 1. The lowest BCUT2D eigenvalue weighted by Gasteiger charge is -2.16. The molecule has 0 spiro atoms. The van der Waals surface area contributed by atoms with Gasteiger partial charge in [0.2, 0.25) is 11.9 Å². The lowest BCUT2D eigenvalue weighted by atomic mass is 10.1. The van der Waals surface area contributed by atoms with Gasteiger partial charge in [0.1, 0.15) is 0 Å². The van der Waals surface area contributed by atoms with Crippen LogP contribution < -0.4 is 16.0 Å². The van der Waals surface area contributed by atoms with Crippen LogP contribution in [-0.2, 0) is 9.53 Å². The minimum absolute atomic E-state index is 0.0416. The molecule has 1 fully saturated rings. The summed E-state index contributed by atoms with van der Waals surface area (Å²) in [6.45, 7) is 6.36. The van der Waals surface area contributed by atoms with Crippen molar-refractivity contribution < 1.29 is 14.3 Å². The zero-order valence-corrected chi connectivity index (χ0v) is 18.7. The van der Waals surface area contributed by atoms with Crippen molar-refractivity contribution in [3.05, 3.63) is 58.1 Å². The van der Waals surface area contributed by atoms with Gasteiger partial charge in [0.05, 0.1) is 12.6 Å². The van der Waals surface area contributed by atoms with Crippen LogP contribution in [0.25, 0.3) is 0 Å². The Balaban J connectivity index is 1.81. The van der Waals surface area contributed by atoms with Crippen LogP contribution in [0.15, 0.2) is 41.4 Å².